The molecule has 0 saturated carbocycles. The van der Waals surface area contributed by atoms with Gasteiger partial charge in [0, 0.05) is 24.9 Å². The van der Waals surface area contributed by atoms with E-state index in [4.69, 9.17) is 4.42 Å². The quantitative estimate of drug-likeness (QED) is 0.478. The number of carbonyl (C=O) groups is 2. The van der Waals surface area contributed by atoms with E-state index in [1.54, 1.807) is 35.2 Å². The number of rotatable bonds is 7. The van der Waals surface area contributed by atoms with Crippen molar-refractivity contribution in [1.29, 1.82) is 0 Å². The Morgan fingerprint density at radius 3 is 2.77 bits per heavy atom. The van der Waals surface area contributed by atoms with Gasteiger partial charge in [-0.1, -0.05) is 30.0 Å². The first-order valence-electron chi connectivity index (χ1n) is 7.70. The van der Waals surface area contributed by atoms with Gasteiger partial charge in [0.1, 0.15) is 12.6 Å². The van der Waals surface area contributed by atoms with Crippen LogP contribution >= 0.6 is 11.8 Å². The summed E-state index contributed by atoms with van der Waals surface area (Å²) in [4.78, 5) is 28.0. The molecule has 134 valence electrons. The van der Waals surface area contributed by atoms with Crippen molar-refractivity contribution in [3.63, 3.8) is 0 Å². The number of benzene rings is 1. The third kappa shape index (κ3) is 4.48. The lowest BCUT2D eigenvalue weighted by Crippen LogP contribution is -2.26. The van der Waals surface area contributed by atoms with Crippen molar-refractivity contribution in [2.24, 2.45) is 7.05 Å². The molecular weight excluding hydrogens is 356 g/mol. The molecule has 10 heteroatoms. The second-order valence-corrected chi connectivity index (χ2v) is 6.25. The van der Waals surface area contributed by atoms with Crippen LogP contribution in [0.25, 0.3) is 0 Å². The molecule has 0 saturated heterocycles. The maximum absolute atomic E-state index is 12.1. The van der Waals surface area contributed by atoms with Crippen molar-refractivity contribution < 1.29 is 14.0 Å². The summed E-state index contributed by atoms with van der Waals surface area (Å²) in [5.41, 5.74) is 0.564. The third-order valence-corrected chi connectivity index (χ3v) is 4.32. The predicted molar refractivity (Wildman–Crippen MR) is 95.0 cm³/mol. The number of hydrogen-bond acceptors (Lipinski definition) is 7. The summed E-state index contributed by atoms with van der Waals surface area (Å²) < 4.78 is 6.93. The highest BCUT2D eigenvalue weighted by Gasteiger charge is 2.14. The summed E-state index contributed by atoms with van der Waals surface area (Å²) in [7, 11) is 1.85. The summed E-state index contributed by atoms with van der Waals surface area (Å²) >= 11 is 1.48. The van der Waals surface area contributed by atoms with Crippen LogP contribution in [0.2, 0.25) is 0 Å². The van der Waals surface area contributed by atoms with Crippen molar-refractivity contribution in [2.45, 2.75) is 5.16 Å². The molecule has 0 atom stereocenters. The Labute approximate surface area is 153 Å². The number of anilines is 1. The number of hydrogen-bond donors (Lipinski definition) is 2. The molecule has 0 aliphatic heterocycles. The first kappa shape index (κ1) is 17.7. The highest BCUT2D eigenvalue weighted by atomic mass is 32.2. The molecule has 0 aliphatic rings. The van der Waals surface area contributed by atoms with Crippen LogP contribution in [-0.4, -0.2) is 43.9 Å². The van der Waals surface area contributed by atoms with E-state index in [1.807, 2.05) is 13.1 Å². The minimum absolute atomic E-state index is 0.0301. The SMILES string of the molecule is Cn1cnnc1SCCNC(=O)c1coc(NC(=O)c2ccccc2)n1. The molecule has 2 heterocycles. The second kappa shape index (κ2) is 8.30. The van der Waals surface area contributed by atoms with Crippen molar-refractivity contribution in [3.05, 3.63) is 54.2 Å². The number of oxazole rings is 1. The zero-order valence-corrected chi connectivity index (χ0v) is 14.7. The van der Waals surface area contributed by atoms with Gasteiger partial charge >= 0.3 is 6.01 Å². The van der Waals surface area contributed by atoms with Crippen LogP contribution in [0.4, 0.5) is 6.01 Å². The Morgan fingerprint density at radius 1 is 1.23 bits per heavy atom. The highest BCUT2D eigenvalue weighted by molar-refractivity contribution is 7.99. The van der Waals surface area contributed by atoms with Crippen LogP contribution in [0, 0.1) is 0 Å². The van der Waals surface area contributed by atoms with Gasteiger partial charge in [0.2, 0.25) is 0 Å². The molecule has 3 aromatic rings. The number of carbonyl (C=O) groups excluding carboxylic acids is 2. The lowest BCUT2D eigenvalue weighted by atomic mass is 10.2. The van der Waals surface area contributed by atoms with Gasteiger partial charge < -0.3 is 14.3 Å². The van der Waals surface area contributed by atoms with Crippen LogP contribution in [0.1, 0.15) is 20.8 Å². The number of aromatic nitrogens is 4. The van der Waals surface area contributed by atoms with Crippen molar-refractivity contribution in [3.8, 4) is 0 Å². The lowest BCUT2D eigenvalue weighted by Gasteiger charge is -2.02. The molecule has 2 amide bonds. The van der Waals surface area contributed by atoms with E-state index in [0.29, 0.717) is 17.9 Å². The molecule has 2 aromatic heterocycles. The Morgan fingerprint density at radius 2 is 2.04 bits per heavy atom. The van der Waals surface area contributed by atoms with Gasteiger partial charge in [-0.15, -0.1) is 10.2 Å². The summed E-state index contributed by atoms with van der Waals surface area (Å²) in [5.74, 6) is -0.111. The summed E-state index contributed by atoms with van der Waals surface area (Å²) in [6, 6.07) is 8.62. The Balaban J connectivity index is 1.47. The largest absolute Gasteiger partial charge is 0.431 e. The van der Waals surface area contributed by atoms with Gasteiger partial charge in [0.15, 0.2) is 10.9 Å². The lowest BCUT2D eigenvalue weighted by molar-refractivity contribution is 0.0950. The van der Waals surface area contributed by atoms with Crippen LogP contribution in [0.3, 0.4) is 0 Å². The molecular formula is C16H16N6O3S. The van der Waals surface area contributed by atoms with Crippen molar-refractivity contribution in [1.82, 2.24) is 25.1 Å². The second-order valence-electron chi connectivity index (χ2n) is 5.19. The van der Waals surface area contributed by atoms with E-state index in [2.05, 4.69) is 25.8 Å². The molecule has 0 radical (unpaired) electrons. The molecule has 1 aromatic carbocycles. The minimum atomic E-state index is -0.382. The van der Waals surface area contributed by atoms with E-state index >= 15 is 0 Å². The Hall–Kier alpha value is -3.14. The summed E-state index contributed by atoms with van der Waals surface area (Å²) in [6.45, 7) is 0.426. The van der Waals surface area contributed by atoms with E-state index in [-0.39, 0.29) is 23.5 Å². The van der Waals surface area contributed by atoms with Crippen LogP contribution in [0.15, 0.2) is 52.5 Å². The standard InChI is InChI=1S/C16H16N6O3S/c1-22-10-18-21-16(22)26-8-7-17-14(24)12-9-25-15(19-12)20-13(23)11-5-3-2-4-6-11/h2-6,9-10H,7-8H2,1H3,(H,17,24)(H,19,20,23). The first-order chi connectivity index (χ1) is 12.6. The third-order valence-electron chi connectivity index (χ3n) is 3.28. The monoisotopic (exact) mass is 372 g/mol. The van der Waals surface area contributed by atoms with E-state index in [0.717, 1.165) is 5.16 Å². The normalized spacial score (nSPS) is 10.5. The molecule has 0 unspecified atom stereocenters. The van der Waals surface area contributed by atoms with Gasteiger partial charge in [-0.2, -0.15) is 4.98 Å². The minimum Gasteiger partial charge on any atom is -0.431 e. The van der Waals surface area contributed by atoms with Crippen LogP contribution < -0.4 is 10.6 Å². The topological polar surface area (TPSA) is 115 Å². The van der Waals surface area contributed by atoms with E-state index in [1.165, 1.54) is 18.0 Å². The Bertz CT molecular complexity index is 892. The number of aryl methyl sites for hydroxylation is 1. The van der Waals surface area contributed by atoms with Crippen LogP contribution in [-0.2, 0) is 7.05 Å². The van der Waals surface area contributed by atoms with Crippen molar-refractivity contribution in [2.75, 3.05) is 17.6 Å². The van der Waals surface area contributed by atoms with E-state index < -0.39 is 0 Å². The zero-order valence-electron chi connectivity index (χ0n) is 13.9. The molecule has 0 aliphatic carbocycles. The smallest absolute Gasteiger partial charge is 0.302 e. The number of thioether (sulfide) groups is 1. The number of nitrogens with one attached hydrogen (secondary N) is 2. The molecule has 0 spiro atoms. The van der Waals surface area contributed by atoms with Gasteiger partial charge in [-0.3, -0.25) is 14.9 Å². The van der Waals surface area contributed by atoms with E-state index in [9.17, 15) is 9.59 Å². The van der Waals surface area contributed by atoms with Gasteiger partial charge in [0.25, 0.3) is 11.8 Å². The molecule has 0 fully saturated rings. The van der Waals surface area contributed by atoms with Gasteiger partial charge in [0.05, 0.1) is 0 Å². The van der Waals surface area contributed by atoms with Gasteiger partial charge in [-0.25, -0.2) is 0 Å². The molecule has 26 heavy (non-hydrogen) atoms. The van der Waals surface area contributed by atoms with Gasteiger partial charge in [-0.05, 0) is 12.1 Å². The van der Waals surface area contributed by atoms with Crippen molar-refractivity contribution >= 4 is 29.6 Å². The summed E-state index contributed by atoms with van der Waals surface area (Å²) in [5, 5.41) is 13.7. The average Bonchev–Trinajstić information content (AvgIpc) is 3.28. The fraction of sp³-hybridized carbons (Fsp3) is 0.188. The molecule has 2 N–H and O–H groups in total. The maximum atomic E-state index is 12.1. The fourth-order valence-corrected chi connectivity index (χ4v) is 2.74. The average molecular weight is 372 g/mol. The predicted octanol–water partition coefficient (Wildman–Crippen LogP) is 1.58. The zero-order chi connectivity index (χ0) is 18.4. The fourth-order valence-electron chi connectivity index (χ4n) is 1.99. The van der Waals surface area contributed by atoms with Crippen LogP contribution in [0.5, 0.6) is 0 Å². The molecule has 0 bridgehead atoms. The Kier molecular flexibility index (Phi) is 5.64. The maximum Gasteiger partial charge on any atom is 0.302 e. The number of nitrogens with zero attached hydrogens (tertiary/aromatic N) is 4. The highest BCUT2D eigenvalue weighted by Crippen LogP contribution is 2.12. The number of amides is 2. The summed E-state index contributed by atoms with van der Waals surface area (Å²) in [6.07, 6.45) is 2.81. The first-order valence-corrected chi connectivity index (χ1v) is 8.69. The molecule has 3 rings (SSSR count). The molecule has 9 nitrogen and oxygen atoms in total.